The van der Waals surface area contributed by atoms with E-state index < -0.39 is 5.97 Å². The minimum Gasteiger partial charge on any atom is -0.477 e. The summed E-state index contributed by atoms with van der Waals surface area (Å²) in [5.41, 5.74) is 1.99. The Bertz CT molecular complexity index is 584. The van der Waals surface area contributed by atoms with Crippen LogP contribution in [0.15, 0.2) is 36.7 Å². The molecule has 0 amide bonds. The topological polar surface area (TPSA) is 54.6 Å². The third-order valence-corrected chi connectivity index (χ3v) is 2.79. The number of pyridine rings is 1. The lowest BCUT2D eigenvalue weighted by atomic mass is 10.1. The molecule has 2 aromatic heterocycles. The summed E-state index contributed by atoms with van der Waals surface area (Å²) in [4.78, 5) is 15.1. The van der Waals surface area contributed by atoms with E-state index in [2.05, 4.69) is 24.1 Å². The highest BCUT2D eigenvalue weighted by atomic mass is 16.4. The van der Waals surface area contributed by atoms with Gasteiger partial charge in [0, 0.05) is 6.20 Å². The fraction of sp³-hybridized carbons (Fsp3) is 0.286. The molecule has 4 nitrogen and oxygen atoms in total. The first kappa shape index (κ1) is 12.4. The SMILES string of the molecule is CCC=CCCc1ccc2ncc(C(=O)O)n2c1. The minimum atomic E-state index is -0.953. The Morgan fingerprint density at radius 1 is 1.44 bits per heavy atom. The normalized spacial score (nSPS) is 11.4. The molecule has 1 N–H and O–H groups in total. The van der Waals surface area contributed by atoms with Crippen molar-refractivity contribution in [3.8, 4) is 0 Å². The number of hydrogen-bond donors (Lipinski definition) is 1. The molecule has 0 aliphatic carbocycles. The van der Waals surface area contributed by atoms with Crippen molar-refractivity contribution in [2.24, 2.45) is 0 Å². The van der Waals surface area contributed by atoms with Crippen molar-refractivity contribution in [3.05, 3.63) is 47.9 Å². The van der Waals surface area contributed by atoms with Crippen LogP contribution in [-0.4, -0.2) is 20.5 Å². The number of aromatic nitrogens is 2. The molecule has 0 radical (unpaired) electrons. The predicted molar refractivity (Wildman–Crippen MR) is 69.9 cm³/mol. The Balaban J connectivity index is 2.22. The smallest absolute Gasteiger partial charge is 0.354 e. The first-order valence-electron chi connectivity index (χ1n) is 6.06. The lowest BCUT2D eigenvalue weighted by Crippen LogP contribution is -2.02. The van der Waals surface area contributed by atoms with Gasteiger partial charge in [-0.1, -0.05) is 25.1 Å². The van der Waals surface area contributed by atoms with Crippen LogP contribution >= 0.6 is 0 Å². The highest BCUT2D eigenvalue weighted by Gasteiger charge is 2.09. The molecule has 94 valence electrons. The number of allylic oxidation sites excluding steroid dienone is 2. The third-order valence-electron chi connectivity index (χ3n) is 2.79. The second-order valence-corrected chi connectivity index (χ2v) is 4.13. The number of imidazole rings is 1. The Kier molecular flexibility index (Phi) is 3.77. The van der Waals surface area contributed by atoms with Crippen LogP contribution in [0.3, 0.4) is 0 Å². The molecule has 0 saturated carbocycles. The number of nitrogens with zero attached hydrogens (tertiary/aromatic N) is 2. The molecular formula is C14H16N2O2. The summed E-state index contributed by atoms with van der Waals surface area (Å²) < 4.78 is 1.63. The van der Waals surface area contributed by atoms with E-state index in [9.17, 15) is 4.79 Å². The molecular weight excluding hydrogens is 228 g/mol. The standard InChI is InChI=1S/C14H16N2O2/c1-2-3-4-5-6-11-7-8-13-15-9-12(14(17)18)16(13)10-11/h3-4,7-10H,2,5-6H2,1H3,(H,17,18). The van der Waals surface area contributed by atoms with Gasteiger partial charge in [-0.3, -0.25) is 4.40 Å². The zero-order chi connectivity index (χ0) is 13.0. The average Bonchev–Trinajstić information content (AvgIpc) is 2.77. The summed E-state index contributed by atoms with van der Waals surface area (Å²) in [5.74, 6) is -0.953. The van der Waals surface area contributed by atoms with E-state index >= 15 is 0 Å². The van der Waals surface area contributed by atoms with Crippen molar-refractivity contribution >= 4 is 11.6 Å². The van der Waals surface area contributed by atoms with Gasteiger partial charge in [0.25, 0.3) is 0 Å². The highest BCUT2D eigenvalue weighted by molar-refractivity contribution is 5.86. The predicted octanol–water partition coefficient (Wildman–Crippen LogP) is 2.93. The van der Waals surface area contributed by atoms with Crippen molar-refractivity contribution in [1.29, 1.82) is 0 Å². The Labute approximate surface area is 106 Å². The summed E-state index contributed by atoms with van der Waals surface area (Å²) in [7, 11) is 0. The van der Waals surface area contributed by atoms with Crippen molar-refractivity contribution in [1.82, 2.24) is 9.38 Å². The number of fused-ring (bicyclic) bond motifs is 1. The van der Waals surface area contributed by atoms with Crippen LogP contribution in [0.25, 0.3) is 5.65 Å². The molecule has 0 bridgehead atoms. The van der Waals surface area contributed by atoms with Crippen molar-refractivity contribution in [2.75, 3.05) is 0 Å². The monoisotopic (exact) mass is 244 g/mol. The molecule has 18 heavy (non-hydrogen) atoms. The highest BCUT2D eigenvalue weighted by Crippen LogP contribution is 2.11. The fourth-order valence-corrected chi connectivity index (χ4v) is 1.87. The molecule has 0 fully saturated rings. The first-order valence-corrected chi connectivity index (χ1v) is 6.06. The zero-order valence-electron chi connectivity index (χ0n) is 10.3. The molecule has 0 atom stereocenters. The molecule has 0 aliphatic rings. The Hall–Kier alpha value is -2.10. The van der Waals surface area contributed by atoms with Crippen molar-refractivity contribution < 1.29 is 9.90 Å². The minimum absolute atomic E-state index is 0.205. The summed E-state index contributed by atoms with van der Waals surface area (Å²) in [6.07, 6.45) is 10.4. The van der Waals surface area contributed by atoms with E-state index in [0.29, 0.717) is 5.65 Å². The number of aryl methyl sites for hydroxylation is 1. The van der Waals surface area contributed by atoms with Crippen LogP contribution in [-0.2, 0) is 6.42 Å². The van der Waals surface area contributed by atoms with Gasteiger partial charge in [0.15, 0.2) is 5.69 Å². The van der Waals surface area contributed by atoms with E-state index in [1.54, 1.807) is 4.40 Å². The van der Waals surface area contributed by atoms with Crippen LogP contribution < -0.4 is 0 Å². The summed E-state index contributed by atoms with van der Waals surface area (Å²) in [5, 5.41) is 9.04. The number of rotatable bonds is 5. The number of carboxylic acids is 1. The van der Waals surface area contributed by atoms with Gasteiger partial charge in [-0.05, 0) is 30.9 Å². The molecule has 2 aromatic rings. The lowest BCUT2D eigenvalue weighted by Gasteiger charge is -2.02. The third kappa shape index (κ3) is 2.59. The summed E-state index contributed by atoms with van der Waals surface area (Å²) in [6.45, 7) is 2.10. The summed E-state index contributed by atoms with van der Waals surface area (Å²) >= 11 is 0. The second-order valence-electron chi connectivity index (χ2n) is 4.13. The number of hydrogen-bond acceptors (Lipinski definition) is 2. The molecule has 0 unspecified atom stereocenters. The van der Waals surface area contributed by atoms with Crippen LogP contribution in [0.1, 0.15) is 35.8 Å². The lowest BCUT2D eigenvalue weighted by molar-refractivity contribution is 0.0689. The maximum Gasteiger partial charge on any atom is 0.354 e. The summed E-state index contributed by atoms with van der Waals surface area (Å²) in [6, 6.07) is 3.85. The number of carbonyl (C=O) groups is 1. The van der Waals surface area contributed by atoms with Crippen LogP contribution in [0.2, 0.25) is 0 Å². The van der Waals surface area contributed by atoms with E-state index in [4.69, 9.17) is 5.11 Å². The van der Waals surface area contributed by atoms with Gasteiger partial charge in [0.2, 0.25) is 0 Å². The second kappa shape index (κ2) is 5.49. The van der Waals surface area contributed by atoms with Gasteiger partial charge in [0.1, 0.15) is 5.65 Å². The van der Waals surface area contributed by atoms with Gasteiger partial charge >= 0.3 is 5.97 Å². The van der Waals surface area contributed by atoms with E-state index in [1.165, 1.54) is 6.20 Å². The quantitative estimate of drug-likeness (QED) is 0.823. The molecule has 0 aromatic carbocycles. The molecule has 4 heteroatoms. The maximum absolute atomic E-state index is 11.0. The van der Waals surface area contributed by atoms with Crippen LogP contribution in [0.4, 0.5) is 0 Å². The zero-order valence-corrected chi connectivity index (χ0v) is 10.3. The van der Waals surface area contributed by atoms with Gasteiger partial charge in [0.05, 0.1) is 6.20 Å². The fourth-order valence-electron chi connectivity index (χ4n) is 1.87. The Morgan fingerprint density at radius 3 is 3.00 bits per heavy atom. The maximum atomic E-state index is 11.0. The van der Waals surface area contributed by atoms with Crippen LogP contribution in [0, 0.1) is 0 Å². The van der Waals surface area contributed by atoms with Gasteiger partial charge in [-0.15, -0.1) is 0 Å². The average molecular weight is 244 g/mol. The van der Waals surface area contributed by atoms with Crippen molar-refractivity contribution in [3.63, 3.8) is 0 Å². The van der Waals surface area contributed by atoms with Gasteiger partial charge in [-0.2, -0.15) is 0 Å². The van der Waals surface area contributed by atoms with Gasteiger partial charge in [-0.25, -0.2) is 9.78 Å². The number of carboxylic acid groups (broad SMARTS) is 1. The molecule has 0 saturated heterocycles. The van der Waals surface area contributed by atoms with Crippen molar-refractivity contribution in [2.45, 2.75) is 26.2 Å². The molecule has 0 spiro atoms. The van der Waals surface area contributed by atoms with E-state index in [-0.39, 0.29) is 5.69 Å². The van der Waals surface area contributed by atoms with E-state index in [0.717, 1.165) is 24.8 Å². The Morgan fingerprint density at radius 2 is 2.28 bits per heavy atom. The van der Waals surface area contributed by atoms with Crippen LogP contribution in [0.5, 0.6) is 0 Å². The van der Waals surface area contributed by atoms with Gasteiger partial charge < -0.3 is 5.11 Å². The first-order chi connectivity index (χ1) is 8.72. The molecule has 2 heterocycles. The molecule has 0 aliphatic heterocycles. The molecule has 2 rings (SSSR count). The number of aromatic carboxylic acids is 1. The van der Waals surface area contributed by atoms with E-state index in [1.807, 2.05) is 18.3 Å². The largest absolute Gasteiger partial charge is 0.477 e.